The molecule has 2 N–H and O–H groups in total. The Labute approximate surface area is 130 Å². The lowest BCUT2D eigenvalue weighted by Gasteiger charge is -2.18. The van der Waals surface area contributed by atoms with Crippen LogP contribution in [0.3, 0.4) is 0 Å². The molecule has 0 aliphatic carbocycles. The lowest BCUT2D eigenvalue weighted by molar-refractivity contribution is -0.123. The van der Waals surface area contributed by atoms with Gasteiger partial charge in [-0.1, -0.05) is 30.3 Å². The van der Waals surface area contributed by atoms with Gasteiger partial charge in [0.1, 0.15) is 19.3 Å². The third kappa shape index (κ3) is 4.80. The fraction of sp³-hybridized carbons (Fsp3) is 0.429. The highest BCUT2D eigenvalue weighted by atomic mass is 19.1. The number of hydrogen-bond acceptors (Lipinski definition) is 7. The molecule has 1 fully saturated rings. The van der Waals surface area contributed by atoms with Crippen molar-refractivity contribution in [1.82, 2.24) is 0 Å². The number of aliphatic hydroxyl groups excluding tert-OH is 1. The summed E-state index contributed by atoms with van der Waals surface area (Å²) in [7, 11) is 0. The van der Waals surface area contributed by atoms with Gasteiger partial charge in [0.25, 0.3) is 0 Å². The van der Waals surface area contributed by atoms with Gasteiger partial charge in [0, 0.05) is 0 Å². The van der Waals surface area contributed by atoms with E-state index in [-0.39, 0.29) is 6.61 Å². The Bertz CT molecular complexity index is 537. The van der Waals surface area contributed by atoms with Gasteiger partial charge < -0.3 is 29.2 Å². The number of aliphatic hydroxyl groups is 1. The fourth-order valence-corrected chi connectivity index (χ4v) is 1.99. The molecule has 2 rings (SSSR count). The third-order valence-corrected chi connectivity index (χ3v) is 3.07. The van der Waals surface area contributed by atoms with E-state index in [0.29, 0.717) is 5.56 Å². The molecule has 0 bridgehead atoms. The van der Waals surface area contributed by atoms with Crippen LogP contribution < -0.4 is 0 Å². The molecule has 1 unspecified atom stereocenters. The van der Waals surface area contributed by atoms with Crippen molar-refractivity contribution in [3.05, 3.63) is 35.9 Å². The van der Waals surface area contributed by atoms with Crippen LogP contribution in [-0.2, 0) is 25.6 Å². The first-order valence-corrected chi connectivity index (χ1v) is 6.68. The summed E-state index contributed by atoms with van der Waals surface area (Å²) < 4.78 is 32.4. The molecule has 1 aliphatic heterocycles. The molecule has 1 aliphatic rings. The van der Waals surface area contributed by atoms with Crippen LogP contribution in [0.15, 0.2) is 30.3 Å². The van der Waals surface area contributed by atoms with Crippen molar-refractivity contribution in [3.8, 4) is 0 Å². The predicted molar refractivity (Wildman–Crippen MR) is 71.3 cm³/mol. The molecule has 126 valence electrons. The maximum absolute atomic E-state index is 13.8. The quantitative estimate of drug-likeness (QED) is 0.781. The van der Waals surface area contributed by atoms with Crippen LogP contribution in [-0.4, -0.2) is 53.8 Å². The Balaban J connectivity index is 1.87. The lowest BCUT2D eigenvalue weighted by Crippen LogP contribution is -2.37. The summed E-state index contributed by atoms with van der Waals surface area (Å²) in [4.78, 5) is 21.9. The van der Waals surface area contributed by atoms with E-state index < -0.39 is 43.6 Å². The molecule has 1 aromatic rings. The maximum Gasteiger partial charge on any atom is 0.509 e. The average molecular weight is 330 g/mol. The molecule has 0 radical (unpaired) electrons. The second-order valence-corrected chi connectivity index (χ2v) is 4.69. The minimum absolute atomic E-state index is 0.0803. The van der Waals surface area contributed by atoms with Crippen LogP contribution in [0.4, 0.5) is 14.0 Å². The first kappa shape index (κ1) is 17.0. The van der Waals surface area contributed by atoms with E-state index in [1.54, 1.807) is 30.3 Å². The Hall–Kier alpha value is -2.39. The number of benzene rings is 1. The zero-order chi connectivity index (χ0) is 16.8. The third-order valence-electron chi connectivity index (χ3n) is 3.07. The highest BCUT2D eigenvalue weighted by molar-refractivity contribution is 5.60. The van der Waals surface area contributed by atoms with Crippen LogP contribution in [0.5, 0.6) is 0 Å². The van der Waals surface area contributed by atoms with Gasteiger partial charge in [-0.3, -0.25) is 0 Å². The van der Waals surface area contributed by atoms with Crippen molar-refractivity contribution in [2.75, 3.05) is 6.61 Å². The number of carbonyl (C=O) groups is 2. The van der Waals surface area contributed by atoms with Crippen molar-refractivity contribution in [1.29, 1.82) is 0 Å². The van der Waals surface area contributed by atoms with Crippen LogP contribution in [0.1, 0.15) is 5.56 Å². The standard InChI is InChI=1S/C14H15FO8/c15-10-11(9(22-12(10)16)7-20-13(17)18)23-14(19)21-6-8-4-2-1-3-5-8/h1-5,9-12,16H,6-7H2,(H,17,18)/t9-,10+,11-,12?/m1/s1. The highest BCUT2D eigenvalue weighted by Crippen LogP contribution is 2.26. The Morgan fingerprint density at radius 3 is 2.57 bits per heavy atom. The van der Waals surface area contributed by atoms with Gasteiger partial charge in [0.2, 0.25) is 0 Å². The summed E-state index contributed by atoms with van der Waals surface area (Å²) >= 11 is 0. The Kier molecular flexibility index (Phi) is 5.72. The number of alkyl halides is 1. The monoisotopic (exact) mass is 330 g/mol. The molecule has 23 heavy (non-hydrogen) atoms. The number of carbonyl (C=O) groups excluding carboxylic acids is 1. The van der Waals surface area contributed by atoms with Gasteiger partial charge in [0.15, 0.2) is 18.6 Å². The van der Waals surface area contributed by atoms with E-state index in [0.717, 1.165) is 0 Å². The van der Waals surface area contributed by atoms with Crippen molar-refractivity contribution in [2.45, 2.75) is 31.3 Å². The minimum atomic E-state index is -2.04. The van der Waals surface area contributed by atoms with E-state index >= 15 is 0 Å². The van der Waals surface area contributed by atoms with Crippen LogP contribution in [0.2, 0.25) is 0 Å². The molecule has 1 heterocycles. The van der Waals surface area contributed by atoms with Crippen molar-refractivity contribution in [3.63, 3.8) is 0 Å². The second kappa shape index (κ2) is 7.75. The fourth-order valence-electron chi connectivity index (χ4n) is 1.99. The first-order chi connectivity index (χ1) is 11.0. The summed E-state index contributed by atoms with van der Waals surface area (Å²) in [6.07, 6.45) is -9.45. The topological polar surface area (TPSA) is 112 Å². The molecule has 0 saturated carbocycles. The van der Waals surface area contributed by atoms with Crippen molar-refractivity contribution < 1.29 is 43.1 Å². The molecule has 0 amide bonds. The lowest BCUT2D eigenvalue weighted by atomic mass is 10.1. The molecule has 1 saturated heterocycles. The van der Waals surface area contributed by atoms with E-state index in [2.05, 4.69) is 4.74 Å². The molecule has 1 aromatic carbocycles. The van der Waals surface area contributed by atoms with Gasteiger partial charge >= 0.3 is 12.3 Å². The average Bonchev–Trinajstić information content (AvgIpc) is 2.80. The smallest absolute Gasteiger partial charge is 0.450 e. The van der Waals surface area contributed by atoms with Gasteiger partial charge in [-0.25, -0.2) is 14.0 Å². The molecule has 0 spiro atoms. The van der Waals surface area contributed by atoms with E-state index in [1.807, 2.05) is 0 Å². The predicted octanol–water partition coefficient (Wildman–Crippen LogP) is 1.46. The molecule has 9 heteroatoms. The Morgan fingerprint density at radius 2 is 1.91 bits per heavy atom. The largest absolute Gasteiger partial charge is 0.509 e. The summed E-state index contributed by atoms with van der Waals surface area (Å²) in [5, 5.41) is 17.7. The zero-order valence-electron chi connectivity index (χ0n) is 11.8. The van der Waals surface area contributed by atoms with Crippen LogP contribution >= 0.6 is 0 Å². The van der Waals surface area contributed by atoms with Gasteiger partial charge in [-0.15, -0.1) is 0 Å². The highest BCUT2D eigenvalue weighted by Gasteiger charge is 2.48. The number of hydrogen-bond donors (Lipinski definition) is 2. The van der Waals surface area contributed by atoms with Crippen LogP contribution in [0.25, 0.3) is 0 Å². The zero-order valence-corrected chi connectivity index (χ0v) is 11.8. The van der Waals surface area contributed by atoms with E-state index in [1.165, 1.54) is 0 Å². The number of ether oxygens (including phenoxy) is 4. The minimum Gasteiger partial charge on any atom is -0.450 e. The van der Waals surface area contributed by atoms with Gasteiger partial charge in [-0.2, -0.15) is 0 Å². The summed E-state index contributed by atoms with van der Waals surface area (Å²) in [6.45, 7) is -0.674. The van der Waals surface area contributed by atoms with Crippen LogP contribution in [0, 0.1) is 0 Å². The van der Waals surface area contributed by atoms with E-state index in [4.69, 9.17) is 19.3 Å². The van der Waals surface area contributed by atoms with Gasteiger partial charge in [0.05, 0.1) is 0 Å². The normalized spacial score (nSPS) is 26.5. The molecule has 4 atom stereocenters. The SMILES string of the molecule is O=C(O)OC[C@H]1OC(O)[C@@H](F)[C@@H]1OC(=O)OCc1ccccc1. The number of rotatable bonds is 5. The summed E-state index contributed by atoms with van der Waals surface area (Å²) in [6, 6.07) is 8.73. The number of carboxylic acid groups (broad SMARTS) is 1. The van der Waals surface area contributed by atoms with Crippen molar-refractivity contribution in [2.24, 2.45) is 0 Å². The van der Waals surface area contributed by atoms with Crippen molar-refractivity contribution >= 4 is 12.3 Å². The first-order valence-electron chi connectivity index (χ1n) is 6.68. The second-order valence-electron chi connectivity index (χ2n) is 4.69. The van der Waals surface area contributed by atoms with Gasteiger partial charge in [-0.05, 0) is 5.56 Å². The maximum atomic E-state index is 13.8. The molecule has 8 nitrogen and oxygen atoms in total. The number of halogens is 1. The van der Waals surface area contributed by atoms with E-state index in [9.17, 15) is 19.1 Å². The Morgan fingerprint density at radius 1 is 1.22 bits per heavy atom. The molecular formula is C14H15FO8. The summed E-state index contributed by atoms with van der Waals surface area (Å²) in [5.41, 5.74) is 0.703. The molecule has 0 aromatic heterocycles. The summed E-state index contributed by atoms with van der Waals surface area (Å²) in [5.74, 6) is 0. The molecular weight excluding hydrogens is 315 g/mol.